The topological polar surface area (TPSA) is 26.3 Å². The lowest BCUT2D eigenvalue weighted by Crippen LogP contribution is -2.08. The first-order chi connectivity index (χ1) is 8.35. The van der Waals surface area contributed by atoms with Crippen molar-refractivity contribution < 1.29 is 9.53 Å². The Labute approximate surface area is 106 Å². The zero-order chi connectivity index (χ0) is 12.8. The number of methoxy groups -OCH3 is 1. The molecule has 2 nitrogen and oxygen atoms in total. The molecule has 0 rings (SSSR count). The van der Waals surface area contributed by atoms with Crippen LogP contribution in [0.2, 0.25) is 0 Å². The predicted molar refractivity (Wildman–Crippen MR) is 73.2 cm³/mol. The van der Waals surface area contributed by atoms with Crippen LogP contribution in [0.5, 0.6) is 0 Å². The molecule has 0 aliphatic rings. The molecule has 1 unspecified atom stereocenters. The van der Waals surface area contributed by atoms with E-state index in [1.165, 1.54) is 44.9 Å². The van der Waals surface area contributed by atoms with Gasteiger partial charge >= 0.3 is 0 Å². The number of rotatable bonds is 12. The number of carbonyl (C=O) groups is 1. The number of hydrogen-bond donors (Lipinski definition) is 0. The van der Waals surface area contributed by atoms with Crippen LogP contribution in [-0.2, 0) is 9.53 Å². The highest BCUT2D eigenvalue weighted by Crippen LogP contribution is 2.12. The number of aldehydes is 1. The highest BCUT2D eigenvalue weighted by atomic mass is 16.5. The van der Waals surface area contributed by atoms with Crippen molar-refractivity contribution in [2.75, 3.05) is 7.11 Å². The summed E-state index contributed by atoms with van der Waals surface area (Å²) in [6.45, 7) is 2.25. The summed E-state index contributed by atoms with van der Waals surface area (Å²) >= 11 is 0. The second-order valence-corrected chi connectivity index (χ2v) is 4.57. The lowest BCUT2D eigenvalue weighted by atomic mass is 10.0. The number of ether oxygens (including phenoxy) is 1. The van der Waals surface area contributed by atoms with E-state index in [-0.39, 0.29) is 6.10 Å². The molecule has 0 fully saturated rings. The van der Waals surface area contributed by atoms with Gasteiger partial charge in [0, 0.05) is 7.11 Å². The maximum Gasteiger partial charge on any atom is 0.142 e. The van der Waals surface area contributed by atoms with Crippen LogP contribution in [0.4, 0.5) is 0 Å². The Balaban J connectivity index is 3.36. The fourth-order valence-electron chi connectivity index (χ4n) is 1.95. The van der Waals surface area contributed by atoms with Crippen molar-refractivity contribution in [3.8, 4) is 0 Å². The molecule has 17 heavy (non-hydrogen) atoms. The zero-order valence-corrected chi connectivity index (χ0v) is 11.5. The first-order valence-corrected chi connectivity index (χ1v) is 6.98. The minimum Gasteiger partial charge on any atom is -0.381 e. The molecule has 0 heterocycles. The molecule has 100 valence electrons. The smallest absolute Gasteiger partial charge is 0.142 e. The molecule has 0 aliphatic heterocycles. The third-order valence-electron chi connectivity index (χ3n) is 3.08. The molecule has 0 aromatic rings. The van der Waals surface area contributed by atoms with Crippen molar-refractivity contribution >= 4 is 6.29 Å². The summed E-state index contributed by atoms with van der Waals surface area (Å²) in [5.41, 5.74) is 0. The van der Waals surface area contributed by atoms with Gasteiger partial charge < -0.3 is 4.74 Å². The predicted octanol–water partition coefficient (Wildman–Crippen LogP) is 4.29. The maximum atomic E-state index is 10.1. The molecule has 0 amide bonds. The van der Waals surface area contributed by atoms with Gasteiger partial charge in [-0.15, -0.1) is 0 Å². The van der Waals surface area contributed by atoms with Crippen LogP contribution in [0.3, 0.4) is 0 Å². The van der Waals surface area contributed by atoms with Gasteiger partial charge in [-0.2, -0.15) is 0 Å². The van der Waals surface area contributed by atoms with Gasteiger partial charge in [0.15, 0.2) is 0 Å². The summed E-state index contributed by atoms with van der Waals surface area (Å²) < 4.78 is 5.37. The number of allylic oxidation sites excluding steroid dienone is 1. The SMILES string of the molecule is CCCCCCCCCC(C/C=C/C=O)OC. The van der Waals surface area contributed by atoms with Crippen molar-refractivity contribution in [3.63, 3.8) is 0 Å². The molecule has 0 spiro atoms. The molecule has 0 aromatic heterocycles. The third kappa shape index (κ3) is 11.6. The molecule has 0 aliphatic carbocycles. The van der Waals surface area contributed by atoms with E-state index in [0.29, 0.717) is 0 Å². The van der Waals surface area contributed by atoms with Crippen molar-refractivity contribution in [2.45, 2.75) is 70.8 Å². The molecular weight excluding hydrogens is 212 g/mol. The average Bonchev–Trinajstić information content (AvgIpc) is 2.35. The van der Waals surface area contributed by atoms with Gasteiger partial charge in [0.05, 0.1) is 6.10 Å². The monoisotopic (exact) mass is 240 g/mol. The van der Waals surface area contributed by atoms with Crippen LogP contribution in [0.25, 0.3) is 0 Å². The minimum absolute atomic E-state index is 0.279. The van der Waals surface area contributed by atoms with Crippen molar-refractivity contribution in [1.82, 2.24) is 0 Å². The average molecular weight is 240 g/mol. The first-order valence-electron chi connectivity index (χ1n) is 6.98. The second kappa shape index (κ2) is 13.4. The summed E-state index contributed by atoms with van der Waals surface area (Å²) in [6, 6.07) is 0. The van der Waals surface area contributed by atoms with Gasteiger partial charge in [-0.3, -0.25) is 4.79 Å². The quantitative estimate of drug-likeness (QED) is 0.289. The standard InChI is InChI=1S/C15H28O2/c1-3-4-5-6-7-8-9-12-15(17-2)13-10-11-14-16/h10-11,14-15H,3-9,12-13H2,1-2H3/b11-10+. The van der Waals surface area contributed by atoms with Gasteiger partial charge in [-0.1, -0.05) is 57.9 Å². The Hall–Kier alpha value is -0.630. The van der Waals surface area contributed by atoms with Crippen LogP contribution in [0, 0.1) is 0 Å². The number of unbranched alkanes of at least 4 members (excludes halogenated alkanes) is 6. The summed E-state index contributed by atoms with van der Waals surface area (Å²) in [4.78, 5) is 10.1. The molecule has 1 atom stereocenters. The Morgan fingerprint density at radius 3 is 2.29 bits per heavy atom. The lowest BCUT2D eigenvalue weighted by Gasteiger charge is -2.12. The fourth-order valence-corrected chi connectivity index (χ4v) is 1.95. The summed E-state index contributed by atoms with van der Waals surface area (Å²) in [5, 5.41) is 0. The van der Waals surface area contributed by atoms with E-state index in [4.69, 9.17) is 4.74 Å². The van der Waals surface area contributed by atoms with E-state index >= 15 is 0 Å². The molecule has 0 bridgehead atoms. The highest BCUT2D eigenvalue weighted by Gasteiger charge is 2.04. The normalized spacial score (nSPS) is 13.1. The van der Waals surface area contributed by atoms with Crippen LogP contribution in [0.1, 0.15) is 64.7 Å². The minimum atomic E-state index is 0.279. The molecule has 2 heteroatoms. The van der Waals surface area contributed by atoms with Gasteiger partial charge in [0.2, 0.25) is 0 Å². The van der Waals surface area contributed by atoms with E-state index in [1.807, 2.05) is 6.08 Å². The third-order valence-corrected chi connectivity index (χ3v) is 3.08. The van der Waals surface area contributed by atoms with Crippen molar-refractivity contribution in [3.05, 3.63) is 12.2 Å². The largest absolute Gasteiger partial charge is 0.381 e. The second-order valence-electron chi connectivity index (χ2n) is 4.57. The van der Waals surface area contributed by atoms with E-state index in [9.17, 15) is 4.79 Å². The fraction of sp³-hybridized carbons (Fsp3) is 0.800. The zero-order valence-electron chi connectivity index (χ0n) is 11.5. The summed E-state index contributed by atoms with van der Waals surface area (Å²) in [7, 11) is 1.75. The van der Waals surface area contributed by atoms with Gasteiger partial charge in [0.1, 0.15) is 6.29 Å². The van der Waals surface area contributed by atoms with Gasteiger partial charge in [0.25, 0.3) is 0 Å². The van der Waals surface area contributed by atoms with Gasteiger partial charge in [-0.05, 0) is 18.9 Å². The highest BCUT2D eigenvalue weighted by molar-refractivity contribution is 5.64. The van der Waals surface area contributed by atoms with Gasteiger partial charge in [-0.25, -0.2) is 0 Å². The molecule has 0 aromatic carbocycles. The van der Waals surface area contributed by atoms with Crippen LogP contribution < -0.4 is 0 Å². The molecule has 0 radical (unpaired) electrons. The molecular formula is C15H28O2. The van der Waals surface area contributed by atoms with Crippen LogP contribution in [-0.4, -0.2) is 19.5 Å². The van der Waals surface area contributed by atoms with E-state index < -0.39 is 0 Å². The Morgan fingerprint density at radius 1 is 1.06 bits per heavy atom. The van der Waals surface area contributed by atoms with E-state index in [1.54, 1.807) is 13.2 Å². The number of carbonyl (C=O) groups excluding carboxylic acids is 1. The maximum absolute atomic E-state index is 10.1. The summed E-state index contributed by atoms with van der Waals surface area (Å²) in [6.07, 6.45) is 15.8. The van der Waals surface area contributed by atoms with Crippen molar-refractivity contribution in [1.29, 1.82) is 0 Å². The Morgan fingerprint density at radius 2 is 1.71 bits per heavy atom. The van der Waals surface area contributed by atoms with Crippen LogP contribution in [0.15, 0.2) is 12.2 Å². The molecule has 0 saturated carbocycles. The number of hydrogen-bond acceptors (Lipinski definition) is 2. The molecule has 0 saturated heterocycles. The van der Waals surface area contributed by atoms with E-state index in [2.05, 4.69) is 6.92 Å². The molecule has 0 N–H and O–H groups in total. The van der Waals surface area contributed by atoms with Crippen molar-refractivity contribution in [2.24, 2.45) is 0 Å². The van der Waals surface area contributed by atoms with E-state index in [0.717, 1.165) is 19.1 Å². The Kier molecular flexibility index (Phi) is 12.9. The summed E-state index contributed by atoms with van der Waals surface area (Å²) in [5.74, 6) is 0. The van der Waals surface area contributed by atoms with Crippen LogP contribution >= 0.6 is 0 Å². The lowest BCUT2D eigenvalue weighted by molar-refractivity contribution is -0.104. The Bertz CT molecular complexity index is 187. The first kappa shape index (κ1) is 16.4.